The summed E-state index contributed by atoms with van der Waals surface area (Å²) in [5.74, 6) is -0.340. The number of carboxylic acid groups (broad SMARTS) is 1. The molecule has 0 aliphatic heterocycles. The Bertz CT molecular complexity index is 1410. The van der Waals surface area contributed by atoms with E-state index < -0.39 is 26.9 Å². The summed E-state index contributed by atoms with van der Waals surface area (Å²) >= 11 is 0. The second-order valence-corrected chi connectivity index (χ2v) is 11.3. The number of anilines is 1. The number of fused-ring (bicyclic) bond motifs is 4. The van der Waals surface area contributed by atoms with E-state index >= 15 is 0 Å². The number of aromatic amines is 1. The molecule has 0 atom stereocenters. The highest BCUT2D eigenvalue weighted by Crippen LogP contribution is 2.52. The van der Waals surface area contributed by atoms with E-state index in [2.05, 4.69) is 31.1 Å². The lowest BCUT2D eigenvalue weighted by Gasteiger charge is -2.52. The van der Waals surface area contributed by atoms with Crippen LogP contribution < -0.4 is 16.2 Å². The number of rotatable bonds is 6. The highest BCUT2D eigenvalue weighted by atomic mass is 32.2. The lowest BCUT2D eigenvalue weighted by atomic mass is 9.57. The average Bonchev–Trinajstić information content (AvgIpc) is 3.30. The fraction of sp³-hybridized carbons (Fsp3) is 0.391. The van der Waals surface area contributed by atoms with Crippen LogP contribution in [-0.4, -0.2) is 46.0 Å². The number of H-pyrrole nitrogens is 1. The van der Waals surface area contributed by atoms with Crippen LogP contribution in [0.15, 0.2) is 46.5 Å². The maximum Gasteiger partial charge on any atom is 0.405 e. The Morgan fingerprint density at radius 2 is 1.77 bits per heavy atom. The van der Waals surface area contributed by atoms with Crippen LogP contribution in [0.1, 0.15) is 44.1 Å². The summed E-state index contributed by atoms with van der Waals surface area (Å²) < 4.78 is 26.9. The molecule has 0 spiro atoms. The van der Waals surface area contributed by atoms with Gasteiger partial charge in [-0.15, -0.1) is 0 Å². The Balaban J connectivity index is 1.40. The number of nitrogens with one attached hydrogen (secondary N) is 4. The number of carbonyl (C=O) groups is 2. The van der Waals surface area contributed by atoms with Gasteiger partial charge in [-0.05, 0) is 69.2 Å². The van der Waals surface area contributed by atoms with Crippen molar-refractivity contribution >= 4 is 38.8 Å². The number of sulfone groups is 1. The van der Waals surface area contributed by atoms with E-state index in [0.717, 1.165) is 5.56 Å². The van der Waals surface area contributed by atoms with E-state index in [1.54, 1.807) is 37.4 Å². The zero-order chi connectivity index (χ0) is 24.8. The Morgan fingerprint density at radius 1 is 1.06 bits per heavy atom. The molecule has 184 valence electrons. The molecule has 1 aromatic carbocycles. The largest absolute Gasteiger partial charge is 0.465 e. The molecule has 3 aromatic rings. The van der Waals surface area contributed by atoms with Crippen molar-refractivity contribution in [2.45, 2.75) is 60.9 Å². The van der Waals surface area contributed by atoms with Crippen molar-refractivity contribution in [1.82, 2.24) is 25.7 Å². The number of aromatic nitrogens is 3. The number of amides is 2. The van der Waals surface area contributed by atoms with Gasteiger partial charge in [0.2, 0.25) is 20.8 Å². The van der Waals surface area contributed by atoms with Crippen LogP contribution in [0.4, 0.5) is 10.6 Å². The minimum absolute atomic E-state index is 0.0723. The molecule has 3 aliphatic carbocycles. The first-order valence-electron chi connectivity index (χ1n) is 11.4. The van der Waals surface area contributed by atoms with Gasteiger partial charge in [-0.25, -0.2) is 23.2 Å². The smallest absolute Gasteiger partial charge is 0.405 e. The summed E-state index contributed by atoms with van der Waals surface area (Å²) in [5, 5.41) is 11.5. The number of aryl methyl sites for hydroxylation is 1. The Labute approximate surface area is 201 Å². The number of benzene rings is 1. The minimum Gasteiger partial charge on any atom is -0.465 e. The predicted molar refractivity (Wildman–Crippen MR) is 126 cm³/mol. The van der Waals surface area contributed by atoms with Gasteiger partial charge in [0, 0.05) is 11.7 Å². The maximum absolute atomic E-state index is 13.4. The average molecular weight is 499 g/mol. The van der Waals surface area contributed by atoms with Crippen LogP contribution in [0.3, 0.4) is 0 Å². The van der Waals surface area contributed by atoms with Crippen LogP contribution in [0.5, 0.6) is 0 Å². The van der Waals surface area contributed by atoms with Gasteiger partial charge < -0.3 is 15.4 Å². The highest BCUT2D eigenvalue weighted by Gasteiger charge is 2.53. The van der Waals surface area contributed by atoms with Gasteiger partial charge >= 0.3 is 6.09 Å². The van der Waals surface area contributed by atoms with Gasteiger partial charge in [0.05, 0.1) is 10.3 Å². The van der Waals surface area contributed by atoms with Gasteiger partial charge in [-0.3, -0.25) is 15.6 Å². The molecule has 3 saturated carbocycles. The van der Waals surface area contributed by atoms with Crippen molar-refractivity contribution in [2.75, 3.05) is 5.43 Å². The summed E-state index contributed by atoms with van der Waals surface area (Å²) in [5.41, 5.74) is 5.82. The van der Waals surface area contributed by atoms with Crippen molar-refractivity contribution in [3.05, 3.63) is 42.1 Å². The van der Waals surface area contributed by atoms with E-state index in [4.69, 9.17) is 5.11 Å². The summed E-state index contributed by atoms with van der Waals surface area (Å²) in [4.78, 5) is 36.1. The predicted octanol–water partition coefficient (Wildman–Crippen LogP) is 2.90. The topological polar surface area (TPSA) is 166 Å². The summed E-state index contributed by atoms with van der Waals surface area (Å²) in [6.07, 6.45) is 3.91. The SMILES string of the molecule is Cc1cccc(S(=O)(=O)c2nc3[nH]ccc3nc2NNC(=O)C23CCC(NC(=O)O)(CC2)CC3)c1. The normalized spacial score (nSPS) is 23.7. The zero-order valence-corrected chi connectivity index (χ0v) is 19.9. The first-order chi connectivity index (χ1) is 16.6. The third kappa shape index (κ3) is 4.07. The van der Waals surface area contributed by atoms with Crippen molar-refractivity contribution in [3.63, 3.8) is 0 Å². The zero-order valence-electron chi connectivity index (χ0n) is 19.1. The second-order valence-electron chi connectivity index (χ2n) is 9.48. The molecule has 0 unspecified atom stereocenters. The maximum atomic E-state index is 13.4. The molecule has 12 heteroatoms. The highest BCUT2D eigenvalue weighted by molar-refractivity contribution is 7.91. The standard InChI is InChI=1S/C23H26N6O5S/c1-14-3-2-4-15(13-14)35(33,34)19-18(25-16-5-12-24-17(16)26-19)28-29-20(30)22-6-9-23(10-7-22,11-8-22)27-21(31)32/h2-5,12-13,27H,6-11H2,1H3,(H,24,26)(H,25,28)(H,29,30)(H,31,32). The van der Waals surface area contributed by atoms with Crippen LogP contribution in [0, 0.1) is 12.3 Å². The van der Waals surface area contributed by atoms with Crippen LogP contribution >= 0.6 is 0 Å². The number of hydrogen-bond donors (Lipinski definition) is 5. The molecule has 2 bridgehead atoms. The van der Waals surface area contributed by atoms with E-state index in [1.165, 1.54) is 6.07 Å². The first-order valence-corrected chi connectivity index (χ1v) is 12.9. The van der Waals surface area contributed by atoms with Crippen LogP contribution in [-0.2, 0) is 14.6 Å². The molecule has 0 radical (unpaired) electrons. The molecule has 35 heavy (non-hydrogen) atoms. The molecule has 2 heterocycles. The van der Waals surface area contributed by atoms with Crippen molar-refractivity contribution < 1.29 is 23.1 Å². The Hall–Kier alpha value is -3.67. The van der Waals surface area contributed by atoms with Crippen molar-refractivity contribution in [1.29, 1.82) is 0 Å². The second kappa shape index (κ2) is 8.22. The number of nitrogens with zero attached hydrogens (tertiary/aromatic N) is 2. The molecule has 0 saturated heterocycles. The molecular formula is C23H26N6O5S. The van der Waals surface area contributed by atoms with Gasteiger partial charge in [0.1, 0.15) is 5.52 Å². The monoisotopic (exact) mass is 498 g/mol. The summed E-state index contributed by atoms with van der Waals surface area (Å²) in [7, 11) is -4.04. The lowest BCUT2D eigenvalue weighted by Crippen LogP contribution is -2.60. The van der Waals surface area contributed by atoms with Gasteiger partial charge in [-0.1, -0.05) is 12.1 Å². The molecule has 5 N–H and O–H groups in total. The summed E-state index contributed by atoms with van der Waals surface area (Å²) in [6, 6.07) is 8.16. The Kier molecular flexibility index (Phi) is 5.42. The Morgan fingerprint density at radius 3 is 2.43 bits per heavy atom. The molecule has 3 fully saturated rings. The fourth-order valence-corrected chi connectivity index (χ4v) is 6.59. The number of carbonyl (C=O) groups excluding carboxylic acids is 1. The molecule has 2 aromatic heterocycles. The molecule has 3 aliphatic rings. The fourth-order valence-electron chi connectivity index (χ4n) is 5.21. The van der Waals surface area contributed by atoms with E-state index in [9.17, 15) is 18.0 Å². The van der Waals surface area contributed by atoms with Gasteiger partial charge in [0.25, 0.3) is 0 Å². The van der Waals surface area contributed by atoms with Crippen LogP contribution in [0.2, 0.25) is 0 Å². The molecule has 2 amide bonds. The third-order valence-electron chi connectivity index (χ3n) is 7.30. The summed E-state index contributed by atoms with van der Waals surface area (Å²) in [6.45, 7) is 1.80. The van der Waals surface area contributed by atoms with Gasteiger partial charge in [-0.2, -0.15) is 0 Å². The minimum atomic E-state index is -4.04. The lowest BCUT2D eigenvalue weighted by molar-refractivity contribution is -0.137. The number of hydrogen-bond acceptors (Lipinski definition) is 7. The first kappa shape index (κ1) is 23.1. The van der Waals surface area contributed by atoms with E-state index in [-0.39, 0.29) is 21.6 Å². The van der Waals surface area contributed by atoms with Crippen molar-refractivity contribution in [2.24, 2.45) is 5.41 Å². The molecular weight excluding hydrogens is 472 g/mol. The van der Waals surface area contributed by atoms with Crippen molar-refractivity contribution in [3.8, 4) is 0 Å². The van der Waals surface area contributed by atoms with Gasteiger partial charge in [0.15, 0.2) is 11.5 Å². The van der Waals surface area contributed by atoms with E-state index in [0.29, 0.717) is 49.7 Å². The van der Waals surface area contributed by atoms with Crippen LogP contribution in [0.25, 0.3) is 11.2 Å². The van der Waals surface area contributed by atoms with E-state index in [1.807, 2.05) is 0 Å². The quantitative estimate of drug-likeness (QED) is 0.324. The third-order valence-corrected chi connectivity index (χ3v) is 8.97. The molecule has 6 rings (SSSR count). The molecule has 11 nitrogen and oxygen atoms in total. The number of hydrazine groups is 1.